The summed E-state index contributed by atoms with van der Waals surface area (Å²) >= 11 is 0. The van der Waals surface area contributed by atoms with E-state index in [1.54, 1.807) is 6.20 Å². The topological polar surface area (TPSA) is 59.4 Å². The second-order valence-electron chi connectivity index (χ2n) is 6.26. The Morgan fingerprint density at radius 3 is 3.05 bits per heavy atom. The lowest BCUT2D eigenvalue weighted by molar-refractivity contribution is -0.139. The third kappa shape index (κ3) is 2.15. The fourth-order valence-corrected chi connectivity index (χ4v) is 3.64. The summed E-state index contributed by atoms with van der Waals surface area (Å²) in [5.41, 5.74) is 4.63. The third-order valence-corrected chi connectivity index (χ3v) is 4.74. The summed E-state index contributed by atoms with van der Waals surface area (Å²) in [4.78, 5) is 15.4. The maximum atomic E-state index is 11.1. The number of carboxylic acid groups (broad SMARTS) is 1. The van der Waals surface area contributed by atoms with E-state index >= 15 is 0 Å². The molecule has 0 amide bonds. The minimum atomic E-state index is -0.680. The van der Waals surface area contributed by atoms with Gasteiger partial charge in [-0.05, 0) is 36.0 Å². The van der Waals surface area contributed by atoms with E-state index in [0.29, 0.717) is 12.5 Å². The zero-order valence-electron chi connectivity index (χ0n) is 12.3. The fourth-order valence-electron chi connectivity index (χ4n) is 3.64. The highest BCUT2D eigenvalue weighted by Gasteiger charge is 2.59. The number of aromatic nitrogens is 1. The average Bonchev–Trinajstić information content (AvgIpc) is 3.09. The number of pyridine rings is 1. The number of aryl methyl sites for hydroxylation is 1. The van der Waals surface area contributed by atoms with Gasteiger partial charge >= 0.3 is 5.97 Å². The molecule has 1 fully saturated rings. The fraction of sp³-hybridized carbons (Fsp3) is 0.333. The van der Waals surface area contributed by atoms with Crippen molar-refractivity contribution in [3.05, 3.63) is 58.8 Å². The minimum Gasteiger partial charge on any atom is -0.481 e. The van der Waals surface area contributed by atoms with Gasteiger partial charge in [0.15, 0.2) is 0 Å². The first-order valence-corrected chi connectivity index (χ1v) is 7.53. The van der Waals surface area contributed by atoms with Crippen molar-refractivity contribution in [2.24, 2.45) is 11.8 Å². The van der Waals surface area contributed by atoms with Gasteiger partial charge in [0.25, 0.3) is 0 Å². The molecule has 0 saturated heterocycles. The number of fused-ring (bicyclic) bond motifs is 3. The largest absolute Gasteiger partial charge is 0.481 e. The molecule has 0 radical (unpaired) electrons. The Balaban J connectivity index is 1.46. The quantitative estimate of drug-likeness (QED) is 0.942. The van der Waals surface area contributed by atoms with E-state index in [4.69, 9.17) is 9.84 Å². The lowest BCUT2D eigenvalue weighted by atomic mass is 10.0. The molecule has 0 bridgehead atoms. The zero-order chi connectivity index (χ0) is 15.3. The molecule has 1 heterocycles. The van der Waals surface area contributed by atoms with Crippen molar-refractivity contribution in [1.29, 1.82) is 0 Å². The maximum absolute atomic E-state index is 11.1. The SMILES string of the molecule is Cc1cccc(COc2cc3c(cn2)C2C(C3)C2C(=O)O)c1. The first-order chi connectivity index (χ1) is 10.6. The number of rotatable bonds is 4. The lowest BCUT2D eigenvalue weighted by Crippen LogP contribution is -2.06. The van der Waals surface area contributed by atoms with E-state index < -0.39 is 5.97 Å². The number of ether oxygens (including phenoxy) is 1. The molecule has 1 saturated carbocycles. The summed E-state index contributed by atoms with van der Waals surface area (Å²) < 4.78 is 5.77. The molecule has 2 aliphatic rings. The molecule has 0 spiro atoms. The highest BCUT2D eigenvalue weighted by Crippen LogP contribution is 2.61. The predicted molar refractivity (Wildman–Crippen MR) is 80.8 cm³/mol. The molecule has 1 aromatic heterocycles. The standard InChI is InChI=1S/C18H17NO3/c1-10-3-2-4-11(5-10)9-22-15-7-12-6-13-16(14(12)8-19-15)17(13)18(20)21/h2-5,7-8,13,16-17H,6,9H2,1H3,(H,20,21). The van der Waals surface area contributed by atoms with Crippen molar-refractivity contribution < 1.29 is 14.6 Å². The van der Waals surface area contributed by atoms with E-state index in [2.05, 4.69) is 24.0 Å². The van der Waals surface area contributed by atoms with Gasteiger partial charge in [-0.25, -0.2) is 4.98 Å². The van der Waals surface area contributed by atoms with Crippen LogP contribution in [0.5, 0.6) is 5.88 Å². The normalized spacial score (nSPS) is 24.5. The smallest absolute Gasteiger partial charge is 0.307 e. The van der Waals surface area contributed by atoms with Gasteiger partial charge in [0.1, 0.15) is 6.61 Å². The van der Waals surface area contributed by atoms with Crippen molar-refractivity contribution in [2.45, 2.75) is 25.9 Å². The van der Waals surface area contributed by atoms with Crippen molar-refractivity contribution in [1.82, 2.24) is 4.98 Å². The maximum Gasteiger partial charge on any atom is 0.307 e. The van der Waals surface area contributed by atoms with Crippen molar-refractivity contribution >= 4 is 5.97 Å². The van der Waals surface area contributed by atoms with E-state index in [0.717, 1.165) is 17.5 Å². The van der Waals surface area contributed by atoms with Crippen LogP contribution >= 0.6 is 0 Å². The highest BCUT2D eigenvalue weighted by molar-refractivity contribution is 5.77. The van der Waals surface area contributed by atoms with Crippen LogP contribution in [0, 0.1) is 18.8 Å². The molecule has 3 unspecified atom stereocenters. The highest BCUT2D eigenvalue weighted by atomic mass is 16.5. The molecule has 3 atom stereocenters. The Hall–Kier alpha value is -2.36. The number of carbonyl (C=O) groups is 1. The number of benzene rings is 1. The molecule has 4 rings (SSSR count). The van der Waals surface area contributed by atoms with E-state index in [1.807, 2.05) is 18.2 Å². The monoisotopic (exact) mass is 295 g/mol. The average molecular weight is 295 g/mol. The minimum absolute atomic E-state index is 0.172. The Morgan fingerprint density at radius 1 is 1.41 bits per heavy atom. The first kappa shape index (κ1) is 13.3. The van der Waals surface area contributed by atoms with Gasteiger partial charge in [0.05, 0.1) is 5.92 Å². The van der Waals surface area contributed by atoms with Crippen LogP contribution in [0.4, 0.5) is 0 Å². The number of carboxylic acids is 1. The Kier molecular flexibility index (Phi) is 2.93. The van der Waals surface area contributed by atoms with Gasteiger partial charge in [-0.2, -0.15) is 0 Å². The molecule has 2 aliphatic carbocycles. The molecule has 1 N–H and O–H groups in total. The van der Waals surface area contributed by atoms with Crippen LogP contribution < -0.4 is 4.74 Å². The van der Waals surface area contributed by atoms with Crippen LogP contribution in [-0.4, -0.2) is 16.1 Å². The summed E-state index contributed by atoms with van der Waals surface area (Å²) in [7, 11) is 0. The molecule has 4 heteroatoms. The number of hydrogen-bond donors (Lipinski definition) is 1. The first-order valence-electron chi connectivity index (χ1n) is 7.53. The molecule has 2 aromatic rings. The van der Waals surface area contributed by atoms with Gasteiger partial charge in [-0.3, -0.25) is 4.79 Å². The number of aliphatic carboxylic acids is 1. The van der Waals surface area contributed by atoms with Crippen LogP contribution in [0.15, 0.2) is 36.5 Å². The number of hydrogen-bond acceptors (Lipinski definition) is 3. The van der Waals surface area contributed by atoms with Crippen LogP contribution in [0.2, 0.25) is 0 Å². The second-order valence-corrected chi connectivity index (χ2v) is 6.26. The van der Waals surface area contributed by atoms with Gasteiger partial charge < -0.3 is 9.84 Å². The Labute approximate surface area is 128 Å². The summed E-state index contributed by atoms with van der Waals surface area (Å²) in [6, 6.07) is 10.2. The molecule has 0 aliphatic heterocycles. The van der Waals surface area contributed by atoms with E-state index in [1.165, 1.54) is 11.1 Å². The molecular weight excluding hydrogens is 278 g/mol. The number of nitrogens with zero attached hydrogens (tertiary/aromatic N) is 1. The summed E-state index contributed by atoms with van der Waals surface area (Å²) in [5, 5.41) is 9.13. The second kappa shape index (κ2) is 4.83. The van der Waals surface area contributed by atoms with Gasteiger partial charge in [-0.15, -0.1) is 0 Å². The molecular formula is C18H17NO3. The van der Waals surface area contributed by atoms with Gasteiger partial charge in [0.2, 0.25) is 5.88 Å². The van der Waals surface area contributed by atoms with Crippen LogP contribution in [0.3, 0.4) is 0 Å². The lowest BCUT2D eigenvalue weighted by Gasteiger charge is -2.09. The van der Waals surface area contributed by atoms with Crippen molar-refractivity contribution in [3.63, 3.8) is 0 Å². The predicted octanol–water partition coefficient (Wildman–Crippen LogP) is 2.94. The Bertz CT molecular complexity index is 756. The molecule has 1 aromatic carbocycles. The third-order valence-electron chi connectivity index (χ3n) is 4.74. The van der Waals surface area contributed by atoms with Crippen LogP contribution in [-0.2, 0) is 17.8 Å². The van der Waals surface area contributed by atoms with E-state index in [-0.39, 0.29) is 17.8 Å². The van der Waals surface area contributed by atoms with Gasteiger partial charge in [-0.1, -0.05) is 29.8 Å². The summed E-state index contributed by atoms with van der Waals surface area (Å²) in [6.07, 6.45) is 2.63. The summed E-state index contributed by atoms with van der Waals surface area (Å²) in [5.74, 6) is 0.175. The van der Waals surface area contributed by atoms with E-state index in [9.17, 15) is 4.79 Å². The molecule has 4 nitrogen and oxygen atoms in total. The summed E-state index contributed by atoms with van der Waals surface area (Å²) in [6.45, 7) is 2.56. The van der Waals surface area contributed by atoms with Crippen LogP contribution in [0.25, 0.3) is 0 Å². The van der Waals surface area contributed by atoms with Gasteiger partial charge in [0, 0.05) is 18.2 Å². The Morgan fingerprint density at radius 2 is 2.27 bits per heavy atom. The molecule has 22 heavy (non-hydrogen) atoms. The zero-order valence-corrected chi connectivity index (χ0v) is 12.3. The molecule has 112 valence electrons. The van der Waals surface area contributed by atoms with Crippen molar-refractivity contribution in [2.75, 3.05) is 0 Å². The van der Waals surface area contributed by atoms with Crippen LogP contribution in [0.1, 0.15) is 28.2 Å². The van der Waals surface area contributed by atoms with Crippen molar-refractivity contribution in [3.8, 4) is 5.88 Å².